The molecule has 3 N–H and O–H groups in total. The van der Waals surface area contributed by atoms with Gasteiger partial charge in [0.15, 0.2) is 0 Å². The van der Waals surface area contributed by atoms with Crippen LogP contribution in [-0.2, 0) is 0 Å². The maximum atomic E-state index is 12.2. The van der Waals surface area contributed by atoms with Gasteiger partial charge in [0.05, 0.1) is 0 Å². The molecule has 1 aromatic carbocycles. The maximum Gasteiger partial charge on any atom is 0.251 e. The van der Waals surface area contributed by atoms with Crippen molar-refractivity contribution >= 4 is 11.6 Å². The fourth-order valence-electron chi connectivity index (χ4n) is 2.55. The Labute approximate surface area is 121 Å². The Bertz CT molecular complexity index is 490. The van der Waals surface area contributed by atoms with E-state index in [1.807, 2.05) is 13.0 Å². The molecule has 110 valence electrons. The van der Waals surface area contributed by atoms with Crippen LogP contribution in [0.5, 0.6) is 0 Å². The number of carbonyl (C=O) groups is 1. The highest BCUT2D eigenvalue weighted by Crippen LogP contribution is 2.29. The number of piperidine rings is 1. The molecule has 0 unspecified atom stereocenters. The number of likely N-dealkylation sites (tertiary alicyclic amines) is 1. The summed E-state index contributed by atoms with van der Waals surface area (Å²) in [5.74, 6) is -0.00625. The van der Waals surface area contributed by atoms with Crippen molar-refractivity contribution in [3.63, 3.8) is 0 Å². The predicted octanol–water partition coefficient (Wildman–Crippen LogP) is 2.04. The Hall–Kier alpha value is -1.55. The van der Waals surface area contributed by atoms with Crippen molar-refractivity contribution in [2.75, 3.05) is 32.4 Å². The predicted molar refractivity (Wildman–Crippen MR) is 82.8 cm³/mol. The zero-order chi connectivity index (χ0) is 14.8. The van der Waals surface area contributed by atoms with E-state index in [1.54, 1.807) is 12.1 Å². The summed E-state index contributed by atoms with van der Waals surface area (Å²) in [7, 11) is 2.15. The van der Waals surface area contributed by atoms with E-state index in [0.717, 1.165) is 43.7 Å². The highest BCUT2D eigenvalue weighted by atomic mass is 16.1. The van der Waals surface area contributed by atoms with Gasteiger partial charge in [-0.2, -0.15) is 0 Å². The Morgan fingerprint density at radius 1 is 1.40 bits per heavy atom. The van der Waals surface area contributed by atoms with E-state index in [0.29, 0.717) is 5.56 Å². The Kier molecular flexibility index (Phi) is 4.33. The first kappa shape index (κ1) is 14.9. The van der Waals surface area contributed by atoms with Crippen LogP contribution in [0.4, 0.5) is 5.69 Å². The molecule has 20 heavy (non-hydrogen) atoms. The van der Waals surface area contributed by atoms with Crippen molar-refractivity contribution in [3.8, 4) is 0 Å². The van der Waals surface area contributed by atoms with E-state index in [9.17, 15) is 4.79 Å². The van der Waals surface area contributed by atoms with Gasteiger partial charge in [0.25, 0.3) is 5.91 Å². The molecular weight excluding hydrogens is 250 g/mol. The van der Waals surface area contributed by atoms with E-state index in [2.05, 4.69) is 24.2 Å². The van der Waals surface area contributed by atoms with Gasteiger partial charge in [0, 0.05) is 17.8 Å². The summed E-state index contributed by atoms with van der Waals surface area (Å²) in [6.07, 6.45) is 2.26. The fraction of sp³-hybridized carbons (Fsp3) is 0.562. The number of hydrogen-bond acceptors (Lipinski definition) is 3. The third-order valence-corrected chi connectivity index (χ3v) is 4.40. The summed E-state index contributed by atoms with van der Waals surface area (Å²) in [6.45, 7) is 7.13. The Balaban J connectivity index is 1.93. The number of rotatable bonds is 3. The largest absolute Gasteiger partial charge is 0.399 e. The molecule has 0 radical (unpaired) electrons. The normalized spacial score (nSPS) is 18.8. The molecule has 0 bridgehead atoms. The van der Waals surface area contributed by atoms with Crippen molar-refractivity contribution in [3.05, 3.63) is 29.3 Å². The lowest BCUT2D eigenvalue weighted by molar-refractivity contribution is 0.0891. The number of aryl methyl sites for hydroxylation is 1. The van der Waals surface area contributed by atoms with Crippen molar-refractivity contribution in [2.24, 2.45) is 5.41 Å². The van der Waals surface area contributed by atoms with Crippen LogP contribution in [0.15, 0.2) is 18.2 Å². The molecule has 1 saturated heterocycles. The summed E-state index contributed by atoms with van der Waals surface area (Å²) >= 11 is 0. The van der Waals surface area contributed by atoms with Gasteiger partial charge in [-0.25, -0.2) is 0 Å². The van der Waals surface area contributed by atoms with Gasteiger partial charge in [-0.15, -0.1) is 0 Å². The SMILES string of the molecule is Cc1cc(C(=O)NCC2(C)CCN(C)CC2)ccc1N. The first-order valence-electron chi connectivity index (χ1n) is 7.22. The number of nitrogens with two attached hydrogens (primary N) is 1. The van der Waals surface area contributed by atoms with Crippen LogP contribution in [-0.4, -0.2) is 37.5 Å². The second kappa shape index (κ2) is 5.83. The van der Waals surface area contributed by atoms with E-state index in [-0.39, 0.29) is 11.3 Å². The lowest BCUT2D eigenvalue weighted by atomic mass is 9.80. The number of benzene rings is 1. The van der Waals surface area contributed by atoms with E-state index >= 15 is 0 Å². The molecule has 1 aliphatic heterocycles. The van der Waals surface area contributed by atoms with Crippen LogP contribution in [0, 0.1) is 12.3 Å². The molecule has 4 nitrogen and oxygen atoms in total. The van der Waals surface area contributed by atoms with Crippen LogP contribution >= 0.6 is 0 Å². The van der Waals surface area contributed by atoms with Crippen LogP contribution < -0.4 is 11.1 Å². The van der Waals surface area contributed by atoms with Gasteiger partial charge < -0.3 is 16.0 Å². The molecule has 1 aliphatic rings. The minimum atomic E-state index is -0.00625. The molecule has 0 aliphatic carbocycles. The number of carbonyl (C=O) groups excluding carboxylic acids is 1. The zero-order valence-electron chi connectivity index (χ0n) is 12.7. The highest BCUT2D eigenvalue weighted by molar-refractivity contribution is 5.94. The average Bonchev–Trinajstić information content (AvgIpc) is 2.43. The number of anilines is 1. The molecular formula is C16H25N3O. The van der Waals surface area contributed by atoms with Crippen LogP contribution in [0.2, 0.25) is 0 Å². The lowest BCUT2D eigenvalue weighted by Crippen LogP contribution is -2.43. The Morgan fingerprint density at radius 3 is 2.65 bits per heavy atom. The second-order valence-electron chi connectivity index (χ2n) is 6.37. The molecule has 0 saturated carbocycles. The third-order valence-electron chi connectivity index (χ3n) is 4.40. The number of nitrogens with one attached hydrogen (secondary N) is 1. The number of nitrogen functional groups attached to an aromatic ring is 1. The lowest BCUT2D eigenvalue weighted by Gasteiger charge is -2.37. The zero-order valence-corrected chi connectivity index (χ0v) is 12.7. The molecule has 2 rings (SSSR count). The van der Waals surface area contributed by atoms with Crippen molar-refractivity contribution in [1.82, 2.24) is 10.2 Å². The standard InChI is InChI=1S/C16H25N3O/c1-12-10-13(4-5-14(12)17)15(20)18-11-16(2)6-8-19(3)9-7-16/h4-5,10H,6-9,11,17H2,1-3H3,(H,18,20). The number of nitrogens with zero attached hydrogens (tertiary/aromatic N) is 1. The van der Waals surface area contributed by atoms with Crippen LogP contribution in [0.3, 0.4) is 0 Å². The third kappa shape index (κ3) is 3.51. The van der Waals surface area contributed by atoms with Crippen molar-refractivity contribution < 1.29 is 4.79 Å². The minimum Gasteiger partial charge on any atom is -0.399 e. The van der Waals surface area contributed by atoms with E-state index in [4.69, 9.17) is 5.73 Å². The summed E-state index contributed by atoms with van der Waals surface area (Å²) in [5, 5.41) is 3.07. The van der Waals surface area contributed by atoms with Gasteiger partial charge in [-0.1, -0.05) is 6.92 Å². The minimum absolute atomic E-state index is 0.00625. The molecule has 0 atom stereocenters. The summed E-state index contributed by atoms with van der Waals surface area (Å²) < 4.78 is 0. The number of hydrogen-bond donors (Lipinski definition) is 2. The topological polar surface area (TPSA) is 58.4 Å². The molecule has 0 spiro atoms. The van der Waals surface area contributed by atoms with E-state index < -0.39 is 0 Å². The highest BCUT2D eigenvalue weighted by Gasteiger charge is 2.29. The molecule has 1 aromatic rings. The molecule has 0 aromatic heterocycles. The smallest absolute Gasteiger partial charge is 0.251 e. The van der Waals surface area contributed by atoms with Crippen molar-refractivity contribution in [2.45, 2.75) is 26.7 Å². The van der Waals surface area contributed by atoms with Gasteiger partial charge in [-0.05, 0) is 69.1 Å². The number of amides is 1. The average molecular weight is 275 g/mol. The quantitative estimate of drug-likeness (QED) is 0.830. The van der Waals surface area contributed by atoms with Gasteiger partial charge >= 0.3 is 0 Å². The molecule has 1 fully saturated rings. The summed E-state index contributed by atoms with van der Waals surface area (Å²) in [6, 6.07) is 5.43. The van der Waals surface area contributed by atoms with E-state index in [1.165, 1.54) is 0 Å². The van der Waals surface area contributed by atoms with Gasteiger partial charge in [0.2, 0.25) is 0 Å². The Morgan fingerprint density at radius 2 is 2.05 bits per heavy atom. The summed E-state index contributed by atoms with van der Waals surface area (Å²) in [4.78, 5) is 14.5. The monoisotopic (exact) mass is 275 g/mol. The maximum absolute atomic E-state index is 12.2. The fourth-order valence-corrected chi connectivity index (χ4v) is 2.55. The van der Waals surface area contributed by atoms with Crippen molar-refractivity contribution in [1.29, 1.82) is 0 Å². The first-order chi connectivity index (χ1) is 9.39. The van der Waals surface area contributed by atoms with Crippen LogP contribution in [0.1, 0.15) is 35.7 Å². The van der Waals surface area contributed by atoms with Crippen LogP contribution in [0.25, 0.3) is 0 Å². The van der Waals surface area contributed by atoms with Gasteiger partial charge in [0.1, 0.15) is 0 Å². The molecule has 1 heterocycles. The first-order valence-corrected chi connectivity index (χ1v) is 7.22. The second-order valence-corrected chi connectivity index (χ2v) is 6.37. The molecule has 1 amide bonds. The molecule has 4 heteroatoms. The van der Waals surface area contributed by atoms with Gasteiger partial charge in [-0.3, -0.25) is 4.79 Å². The summed E-state index contributed by atoms with van der Waals surface area (Å²) in [5.41, 5.74) is 8.35.